The molecule has 8 nitrogen and oxygen atoms in total. The lowest BCUT2D eigenvalue weighted by Crippen LogP contribution is -2.09. The molecule has 3 rings (SSSR count). The number of para-hydroxylation sites is 1. The van der Waals surface area contributed by atoms with Crippen molar-refractivity contribution >= 4 is 11.5 Å². The van der Waals surface area contributed by atoms with Gasteiger partial charge in [0, 0.05) is 6.07 Å². The van der Waals surface area contributed by atoms with Gasteiger partial charge in [0.15, 0.2) is 5.75 Å². The first-order chi connectivity index (χ1) is 13.9. The van der Waals surface area contributed by atoms with E-state index in [9.17, 15) is 10.1 Å². The zero-order valence-corrected chi connectivity index (χ0v) is 16.7. The molecule has 150 valence electrons. The van der Waals surface area contributed by atoms with Crippen molar-refractivity contribution in [2.24, 2.45) is 0 Å². The Hall–Kier alpha value is -3.68. The van der Waals surface area contributed by atoms with Crippen molar-refractivity contribution < 1.29 is 14.4 Å². The molecule has 8 heteroatoms. The summed E-state index contributed by atoms with van der Waals surface area (Å²) in [6.45, 7) is 3.75. The lowest BCUT2D eigenvalue weighted by atomic mass is 10.1. The molecule has 0 aliphatic carbocycles. The number of nitro groups is 1. The van der Waals surface area contributed by atoms with Crippen LogP contribution in [-0.4, -0.2) is 29.1 Å². The maximum Gasteiger partial charge on any atom is 0.320 e. The highest BCUT2D eigenvalue weighted by atomic mass is 16.6. The van der Waals surface area contributed by atoms with Crippen LogP contribution < -0.4 is 14.8 Å². The van der Waals surface area contributed by atoms with Gasteiger partial charge < -0.3 is 14.8 Å². The molecule has 29 heavy (non-hydrogen) atoms. The Labute approximate surface area is 168 Å². The number of benzene rings is 2. The summed E-state index contributed by atoms with van der Waals surface area (Å²) < 4.78 is 10.4. The van der Waals surface area contributed by atoms with Gasteiger partial charge in [-0.05, 0) is 43.7 Å². The first-order valence-electron chi connectivity index (χ1n) is 9.01. The summed E-state index contributed by atoms with van der Waals surface area (Å²) in [6.07, 6.45) is 0. The zero-order valence-electron chi connectivity index (χ0n) is 16.7. The molecule has 0 bridgehead atoms. The van der Waals surface area contributed by atoms with Crippen LogP contribution in [0.1, 0.15) is 24.4 Å². The van der Waals surface area contributed by atoms with E-state index < -0.39 is 4.92 Å². The fourth-order valence-corrected chi connectivity index (χ4v) is 3.08. The van der Waals surface area contributed by atoms with E-state index in [1.165, 1.54) is 7.11 Å². The second-order valence-corrected chi connectivity index (χ2v) is 6.44. The van der Waals surface area contributed by atoms with Crippen molar-refractivity contribution in [3.05, 3.63) is 70.0 Å². The molecule has 0 aliphatic heterocycles. The molecule has 3 aromatic rings. The Morgan fingerprint density at radius 1 is 1.07 bits per heavy atom. The number of anilines is 1. The molecule has 1 heterocycles. The predicted molar refractivity (Wildman–Crippen MR) is 110 cm³/mol. The van der Waals surface area contributed by atoms with Crippen LogP contribution in [0.15, 0.2) is 48.5 Å². The Bertz CT molecular complexity index is 1040. The topological polar surface area (TPSA) is 99.4 Å². The van der Waals surface area contributed by atoms with E-state index in [1.54, 1.807) is 38.3 Å². The number of methoxy groups -OCH3 is 2. The lowest BCUT2D eigenvalue weighted by molar-refractivity contribution is -0.385. The number of hydrogen-bond donors (Lipinski definition) is 1. The molecule has 0 saturated carbocycles. The van der Waals surface area contributed by atoms with Crippen LogP contribution in [0.5, 0.6) is 11.5 Å². The first kappa shape index (κ1) is 20.1. The second kappa shape index (κ2) is 8.55. The van der Waals surface area contributed by atoms with E-state index >= 15 is 0 Å². The van der Waals surface area contributed by atoms with E-state index in [1.807, 2.05) is 31.2 Å². The Kier molecular flexibility index (Phi) is 5.92. The average molecular weight is 394 g/mol. The summed E-state index contributed by atoms with van der Waals surface area (Å²) in [7, 11) is 3.03. The summed E-state index contributed by atoms with van der Waals surface area (Å²) in [5.41, 5.74) is 1.72. The van der Waals surface area contributed by atoms with E-state index in [0.717, 1.165) is 11.3 Å². The molecule has 1 aromatic heterocycles. The van der Waals surface area contributed by atoms with Crippen molar-refractivity contribution in [2.45, 2.75) is 19.9 Å². The molecule has 0 amide bonds. The molecule has 1 N–H and O–H groups in total. The zero-order chi connectivity index (χ0) is 21.0. The Balaban J connectivity index is 1.98. The van der Waals surface area contributed by atoms with Crippen LogP contribution in [0.4, 0.5) is 11.5 Å². The molecule has 0 fully saturated rings. The monoisotopic (exact) mass is 394 g/mol. The Morgan fingerprint density at radius 2 is 1.83 bits per heavy atom. The number of nitrogens with zero attached hydrogens (tertiary/aromatic N) is 3. The van der Waals surface area contributed by atoms with Crippen molar-refractivity contribution in [1.29, 1.82) is 0 Å². The molecular formula is C21H22N4O4. The minimum atomic E-state index is -0.461. The van der Waals surface area contributed by atoms with Gasteiger partial charge in [0.2, 0.25) is 0 Å². The molecule has 2 aromatic carbocycles. The molecule has 0 spiro atoms. The van der Waals surface area contributed by atoms with Crippen LogP contribution in [0.25, 0.3) is 11.3 Å². The van der Waals surface area contributed by atoms with Gasteiger partial charge in [-0.15, -0.1) is 0 Å². The molecular weight excluding hydrogens is 372 g/mol. The van der Waals surface area contributed by atoms with Crippen molar-refractivity contribution in [3.8, 4) is 22.8 Å². The third-order valence-electron chi connectivity index (χ3n) is 4.47. The second-order valence-electron chi connectivity index (χ2n) is 6.44. The smallest absolute Gasteiger partial charge is 0.320 e. The minimum absolute atomic E-state index is 0.0625. The molecule has 0 radical (unpaired) electrons. The van der Waals surface area contributed by atoms with Crippen LogP contribution in [0, 0.1) is 17.0 Å². The van der Waals surface area contributed by atoms with Gasteiger partial charge in [0.05, 0.1) is 36.4 Å². The van der Waals surface area contributed by atoms with E-state index in [4.69, 9.17) is 9.47 Å². The highest BCUT2D eigenvalue weighted by Gasteiger charge is 2.23. The van der Waals surface area contributed by atoms with Gasteiger partial charge in [-0.1, -0.05) is 18.2 Å². The summed E-state index contributed by atoms with van der Waals surface area (Å²) in [5, 5.41) is 15.0. The Morgan fingerprint density at radius 3 is 2.52 bits per heavy atom. The van der Waals surface area contributed by atoms with Gasteiger partial charge >= 0.3 is 5.69 Å². The number of aryl methyl sites for hydroxylation is 1. The number of aromatic nitrogens is 2. The number of ether oxygens (including phenoxy) is 2. The standard InChI is InChI=1S/C21H22N4O4/c1-13(15-7-5-8-16(11-15)28-3)22-20-12-18(23-14(2)24-20)17-9-6-10-19(29-4)21(17)25(26)27/h5-13H,1-4H3,(H,22,23,24)/t13-/m0/s1. The molecule has 0 aliphatic rings. The van der Waals surface area contributed by atoms with Gasteiger partial charge in [-0.2, -0.15) is 0 Å². The molecule has 0 saturated heterocycles. The van der Waals surface area contributed by atoms with E-state index in [-0.39, 0.29) is 17.5 Å². The van der Waals surface area contributed by atoms with Crippen molar-refractivity contribution in [3.63, 3.8) is 0 Å². The molecule has 1 atom stereocenters. The van der Waals surface area contributed by atoms with Crippen LogP contribution >= 0.6 is 0 Å². The van der Waals surface area contributed by atoms with Crippen LogP contribution in [0.3, 0.4) is 0 Å². The predicted octanol–water partition coefficient (Wildman–Crippen LogP) is 4.55. The van der Waals surface area contributed by atoms with Crippen molar-refractivity contribution in [2.75, 3.05) is 19.5 Å². The fraction of sp³-hybridized carbons (Fsp3) is 0.238. The van der Waals surface area contributed by atoms with Crippen molar-refractivity contribution in [1.82, 2.24) is 9.97 Å². The number of hydrogen-bond acceptors (Lipinski definition) is 7. The van der Waals surface area contributed by atoms with Gasteiger partial charge in [0.25, 0.3) is 0 Å². The third kappa shape index (κ3) is 4.43. The number of nitro benzene ring substituents is 1. The SMILES string of the molecule is COc1cccc([C@H](C)Nc2cc(-c3cccc(OC)c3[N+](=O)[O-])nc(C)n2)c1. The highest BCUT2D eigenvalue weighted by molar-refractivity contribution is 5.76. The number of nitrogens with one attached hydrogen (secondary N) is 1. The summed E-state index contributed by atoms with van der Waals surface area (Å²) in [4.78, 5) is 20.0. The molecule has 0 unspecified atom stereocenters. The van der Waals surface area contributed by atoms with E-state index in [0.29, 0.717) is 22.9 Å². The number of rotatable bonds is 7. The van der Waals surface area contributed by atoms with Gasteiger partial charge in [-0.3, -0.25) is 10.1 Å². The van der Waals surface area contributed by atoms with E-state index in [2.05, 4.69) is 15.3 Å². The van der Waals surface area contributed by atoms with Gasteiger partial charge in [0.1, 0.15) is 17.4 Å². The van der Waals surface area contributed by atoms with Crippen LogP contribution in [-0.2, 0) is 0 Å². The fourth-order valence-electron chi connectivity index (χ4n) is 3.08. The van der Waals surface area contributed by atoms with Gasteiger partial charge in [-0.25, -0.2) is 9.97 Å². The van der Waals surface area contributed by atoms with Crippen LogP contribution in [0.2, 0.25) is 0 Å². The summed E-state index contributed by atoms with van der Waals surface area (Å²) >= 11 is 0. The largest absolute Gasteiger partial charge is 0.497 e. The average Bonchev–Trinajstić information content (AvgIpc) is 2.72. The first-order valence-corrected chi connectivity index (χ1v) is 9.01. The third-order valence-corrected chi connectivity index (χ3v) is 4.47. The normalized spacial score (nSPS) is 11.6. The minimum Gasteiger partial charge on any atom is -0.497 e. The maximum atomic E-state index is 11.6. The summed E-state index contributed by atoms with van der Waals surface area (Å²) in [6, 6.07) is 14.3. The quantitative estimate of drug-likeness (QED) is 0.463. The maximum absolute atomic E-state index is 11.6. The summed E-state index contributed by atoms with van der Waals surface area (Å²) in [5.74, 6) is 2.02. The highest BCUT2D eigenvalue weighted by Crippen LogP contribution is 2.37. The lowest BCUT2D eigenvalue weighted by Gasteiger charge is -2.17.